The maximum Gasteiger partial charge on any atom is 0.246 e. The Morgan fingerprint density at radius 2 is 1.36 bits per heavy atom. The number of aryl methyl sites for hydroxylation is 1. The predicted molar refractivity (Wildman–Crippen MR) is 285 cm³/mol. The van der Waals surface area contributed by atoms with Gasteiger partial charge in [-0.3, -0.25) is 14.4 Å². The summed E-state index contributed by atoms with van der Waals surface area (Å²) in [4.78, 5) is 44.7. The van der Waals surface area contributed by atoms with Crippen LogP contribution in [0.4, 0.5) is 0 Å². The Bertz CT molecular complexity index is 2850. The summed E-state index contributed by atoms with van der Waals surface area (Å²) < 4.78 is 36.4. The lowest BCUT2D eigenvalue weighted by atomic mass is 9.83. The number of nitrogens with one attached hydrogen (secondary N) is 3. The first kappa shape index (κ1) is 53.6. The topological polar surface area (TPSA) is 186 Å². The number of hydrogen-bond acceptors (Lipinski definition) is 13. The number of fused-ring (bicyclic) bond motifs is 3. The van der Waals surface area contributed by atoms with Crippen LogP contribution in [0.25, 0.3) is 20.5 Å². The van der Waals surface area contributed by atoms with Crippen molar-refractivity contribution < 1.29 is 53.0 Å². The van der Waals surface area contributed by atoms with E-state index in [1.54, 1.807) is 43.1 Å². The summed E-state index contributed by atoms with van der Waals surface area (Å²) in [5.74, 6) is 2.13. The largest absolute Gasteiger partial charge is 0.508 e. The average Bonchev–Trinajstić information content (AvgIpc) is 3.75. The van der Waals surface area contributed by atoms with Crippen molar-refractivity contribution in [2.24, 2.45) is 5.41 Å². The number of phenols is 2. The first-order valence-electron chi connectivity index (χ1n) is 25.4. The SMILES string of the molecule is CN[C@@H](C)C(=O)NC(C(=O)N1Cc2cc(OCCOCCOCCOCCOc3ccc(Oc4c(-c5ccc(O)cc5)sc5cc(O)ccc45)cc3)ccc2C[C@H]1C(=O)N[C@@H]1CCCc2ccccc21)C(C)(C)C. The van der Waals surface area contributed by atoms with Crippen LogP contribution in [0.2, 0.25) is 0 Å². The van der Waals surface area contributed by atoms with Crippen molar-refractivity contribution in [2.75, 3.05) is 59.9 Å². The summed E-state index contributed by atoms with van der Waals surface area (Å²) in [5, 5.41) is 30.0. The van der Waals surface area contributed by atoms with Crippen molar-refractivity contribution in [1.82, 2.24) is 20.9 Å². The van der Waals surface area contributed by atoms with Gasteiger partial charge in [0, 0.05) is 23.1 Å². The van der Waals surface area contributed by atoms with Crippen LogP contribution in [0.3, 0.4) is 0 Å². The standard InChI is InChI=1S/C58H68N4O11S/c1-37(59-5)55(65)61-54(58(2,3)4)57(67)62-36-41-33-46(19-15-40(41)34-50(62)56(66)60-49-12-8-10-38-9-6-7-11-47(38)49)72-32-30-70-28-26-68-25-27-69-29-31-71-44-20-22-45(23-21-44)73-52-48-24-18-43(64)35-51(48)74-53(52)39-13-16-42(63)17-14-39/h6-7,9,11,13-24,33,35,37,49-50,54,59,63-64H,8,10,12,25-32,34,36H2,1-5H3,(H,60,66)(H,61,65)/t37-,49+,50-,54?/m0/s1. The maximum atomic E-state index is 14.7. The van der Waals surface area contributed by atoms with Gasteiger partial charge < -0.3 is 59.5 Å². The Morgan fingerprint density at radius 1 is 0.730 bits per heavy atom. The fourth-order valence-electron chi connectivity index (χ4n) is 9.17. The van der Waals surface area contributed by atoms with E-state index in [0.717, 1.165) is 56.5 Å². The van der Waals surface area contributed by atoms with Gasteiger partial charge in [-0.1, -0.05) is 51.1 Å². The van der Waals surface area contributed by atoms with Crippen LogP contribution in [-0.4, -0.2) is 111 Å². The van der Waals surface area contributed by atoms with Gasteiger partial charge in [-0.15, -0.1) is 11.3 Å². The molecular formula is C58H68N4O11S. The Labute approximate surface area is 437 Å². The summed E-state index contributed by atoms with van der Waals surface area (Å²) in [5.41, 5.74) is 4.44. The molecule has 0 saturated heterocycles. The molecule has 1 aliphatic carbocycles. The average molecular weight is 1030 g/mol. The first-order chi connectivity index (χ1) is 35.7. The lowest BCUT2D eigenvalue weighted by Crippen LogP contribution is -2.62. The Morgan fingerprint density at radius 3 is 2.05 bits per heavy atom. The fraction of sp³-hybridized carbons (Fsp3) is 0.397. The third-order valence-corrected chi connectivity index (χ3v) is 14.5. The number of likely N-dealkylation sites (N-methyl/N-ethyl adjacent to an activating group) is 1. The molecule has 74 heavy (non-hydrogen) atoms. The second-order valence-corrected chi connectivity index (χ2v) is 20.7. The third-order valence-electron chi connectivity index (χ3n) is 13.3. The highest BCUT2D eigenvalue weighted by molar-refractivity contribution is 7.22. The van der Waals surface area contributed by atoms with Gasteiger partial charge >= 0.3 is 0 Å². The number of benzene rings is 5. The van der Waals surface area contributed by atoms with E-state index in [2.05, 4.69) is 28.1 Å². The number of aromatic hydroxyl groups is 2. The number of amides is 3. The van der Waals surface area contributed by atoms with Gasteiger partial charge in [0.05, 0.1) is 56.6 Å². The summed E-state index contributed by atoms with van der Waals surface area (Å²) in [7, 11) is 1.70. The molecule has 5 aromatic carbocycles. The summed E-state index contributed by atoms with van der Waals surface area (Å²) in [6, 6.07) is 31.2. The molecule has 4 atom stereocenters. The molecule has 392 valence electrons. The Hall–Kier alpha value is -6.69. The van der Waals surface area contributed by atoms with E-state index in [9.17, 15) is 24.6 Å². The number of carbonyl (C=O) groups excluding carboxylic acids is 3. The third kappa shape index (κ3) is 13.7. The molecule has 0 bridgehead atoms. The van der Waals surface area contributed by atoms with Gasteiger partial charge in [-0.2, -0.15) is 0 Å². The highest BCUT2D eigenvalue weighted by Crippen LogP contribution is 2.47. The predicted octanol–water partition coefficient (Wildman–Crippen LogP) is 8.87. The minimum atomic E-state index is -0.877. The van der Waals surface area contributed by atoms with Crippen LogP contribution in [-0.2, 0) is 48.0 Å². The number of nitrogens with zero attached hydrogens (tertiary/aromatic N) is 1. The van der Waals surface area contributed by atoms with Gasteiger partial charge in [0.15, 0.2) is 5.75 Å². The number of phenolic OH excluding ortho intramolecular Hbond substituents is 2. The van der Waals surface area contributed by atoms with Crippen LogP contribution < -0.4 is 30.2 Å². The number of ether oxygens (including phenoxy) is 6. The van der Waals surface area contributed by atoms with Gasteiger partial charge in [0.1, 0.15) is 54.0 Å². The van der Waals surface area contributed by atoms with Crippen LogP contribution in [0.1, 0.15) is 68.8 Å². The highest BCUT2D eigenvalue weighted by Gasteiger charge is 2.43. The zero-order valence-corrected chi connectivity index (χ0v) is 43.6. The smallest absolute Gasteiger partial charge is 0.246 e. The second-order valence-electron chi connectivity index (χ2n) is 19.7. The van der Waals surface area contributed by atoms with Crippen molar-refractivity contribution in [3.8, 4) is 44.9 Å². The lowest BCUT2D eigenvalue weighted by Gasteiger charge is -2.41. The van der Waals surface area contributed by atoms with E-state index < -0.39 is 23.5 Å². The molecule has 15 nitrogen and oxygen atoms in total. The van der Waals surface area contributed by atoms with E-state index in [1.165, 1.54) is 16.9 Å². The zero-order valence-electron chi connectivity index (χ0n) is 42.8. The summed E-state index contributed by atoms with van der Waals surface area (Å²) in [6.45, 7) is 10.6. The van der Waals surface area contributed by atoms with Crippen molar-refractivity contribution in [3.63, 3.8) is 0 Å². The molecule has 0 spiro atoms. The molecule has 3 amide bonds. The first-order valence-corrected chi connectivity index (χ1v) is 26.2. The van der Waals surface area contributed by atoms with E-state index in [1.807, 2.05) is 93.6 Å². The van der Waals surface area contributed by atoms with Gasteiger partial charge in [-0.25, -0.2) is 0 Å². The number of thiophene rings is 1. The molecular weight excluding hydrogens is 961 g/mol. The molecule has 1 unspecified atom stereocenters. The molecule has 6 aromatic rings. The molecule has 16 heteroatoms. The molecule has 0 radical (unpaired) electrons. The molecule has 5 N–H and O–H groups in total. The number of hydrogen-bond donors (Lipinski definition) is 5. The van der Waals surface area contributed by atoms with Crippen LogP contribution in [0.5, 0.6) is 34.5 Å². The number of rotatable bonds is 23. The normalized spacial score (nSPS) is 16.1. The molecule has 0 fully saturated rings. The second kappa shape index (κ2) is 25.0. The summed E-state index contributed by atoms with van der Waals surface area (Å²) in [6.07, 6.45) is 3.07. The lowest BCUT2D eigenvalue weighted by molar-refractivity contribution is -0.147. The molecule has 0 saturated carbocycles. The molecule has 1 aromatic heterocycles. The maximum absolute atomic E-state index is 14.7. The van der Waals surface area contributed by atoms with Gasteiger partial charge in [0.25, 0.3) is 0 Å². The molecule has 2 heterocycles. The summed E-state index contributed by atoms with van der Waals surface area (Å²) >= 11 is 1.50. The van der Waals surface area contributed by atoms with E-state index >= 15 is 0 Å². The van der Waals surface area contributed by atoms with Crippen LogP contribution >= 0.6 is 11.3 Å². The van der Waals surface area contributed by atoms with Gasteiger partial charge in [-0.05, 0) is 145 Å². The van der Waals surface area contributed by atoms with Gasteiger partial charge in [0.2, 0.25) is 17.7 Å². The monoisotopic (exact) mass is 1030 g/mol. The highest BCUT2D eigenvalue weighted by atomic mass is 32.1. The van der Waals surface area contributed by atoms with E-state index in [0.29, 0.717) is 82.3 Å². The van der Waals surface area contributed by atoms with Crippen molar-refractivity contribution >= 4 is 39.1 Å². The molecule has 8 rings (SSSR count). The molecule has 2 aliphatic rings. The van der Waals surface area contributed by atoms with Crippen LogP contribution in [0, 0.1) is 5.41 Å². The fourth-order valence-corrected chi connectivity index (χ4v) is 10.3. The van der Waals surface area contributed by atoms with Crippen molar-refractivity contribution in [2.45, 2.75) is 84.1 Å². The Kier molecular flexibility index (Phi) is 18.1. The Balaban J connectivity index is 0.751. The van der Waals surface area contributed by atoms with Crippen molar-refractivity contribution in [3.05, 3.63) is 131 Å². The van der Waals surface area contributed by atoms with E-state index in [-0.39, 0.29) is 41.8 Å². The van der Waals surface area contributed by atoms with Crippen molar-refractivity contribution in [1.29, 1.82) is 0 Å². The van der Waals surface area contributed by atoms with Crippen LogP contribution in [0.15, 0.2) is 109 Å². The molecule has 1 aliphatic heterocycles. The number of carbonyl (C=O) groups is 3. The quantitative estimate of drug-likeness (QED) is 0.0385. The zero-order chi connectivity index (χ0) is 52.2. The minimum Gasteiger partial charge on any atom is -0.508 e. The minimum absolute atomic E-state index is 0.149. The van der Waals surface area contributed by atoms with E-state index in [4.69, 9.17) is 28.4 Å².